The molecule has 110 valence electrons. The van der Waals surface area contributed by atoms with Crippen LogP contribution in [0.15, 0.2) is 18.2 Å². The van der Waals surface area contributed by atoms with Crippen LogP contribution < -0.4 is 9.47 Å². The van der Waals surface area contributed by atoms with E-state index in [1.54, 1.807) is 32.4 Å². The third kappa shape index (κ3) is 2.77. The van der Waals surface area contributed by atoms with Crippen molar-refractivity contribution in [1.82, 2.24) is 4.90 Å². The molecule has 0 saturated carbocycles. The van der Waals surface area contributed by atoms with Gasteiger partial charge in [0.1, 0.15) is 0 Å². The highest BCUT2D eigenvalue weighted by atomic mass is 79.9. The van der Waals surface area contributed by atoms with Gasteiger partial charge in [0.05, 0.1) is 14.2 Å². The van der Waals surface area contributed by atoms with E-state index < -0.39 is 0 Å². The Kier molecular flexibility index (Phi) is 4.91. The van der Waals surface area contributed by atoms with E-state index in [0.29, 0.717) is 23.0 Å². The van der Waals surface area contributed by atoms with Crippen LogP contribution in [0.1, 0.15) is 23.7 Å². The molecule has 1 aromatic carbocycles. The van der Waals surface area contributed by atoms with Crippen molar-refractivity contribution >= 4 is 21.8 Å². The predicted octanol–water partition coefficient (Wildman–Crippen LogP) is 2.95. The van der Waals surface area contributed by atoms with Crippen molar-refractivity contribution in [2.24, 2.45) is 5.92 Å². The van der Waals surface area contributed by atoms with Gasteiger partial charge in [-0.25, -0.2) is 0 Å². The number of halogens is 1. The molecule has 0 aliphatic carbocycles. The lowest BCUT2D eigenvalue weighted by Gasteiger charge is -2.25. The van der Waals surface area contributed by atoms with Crippen molar-refractivity contribution in [2.75, 3.05) is 26.1 Å². The van der Waals surface area contributed by atoms with Gasteiger partial charge in [-0.15, -0.1) is 0 Å². The molecule has 1 heterocycles. The molecule has 1 aliphatic rings. The van der Waals surface area contributed by atoms with Crippen LogP contribution in [0.2, 0.25) is 0 Å². The summed E-state index contributed by atoms with van der Waals surface area (Å²) in [5.74, 6) is 1.80. The van der Waals surface area contributed by atoms with Gasteiger partial charge in [-0.1, -0.05) is 22.9 Å². The summed E-state index contributed by atoms with van der Waals surface area (Å²) < 4.78 is 10.5. The number of carbonyl (C=O) groups is 1. The molecule has 0 N–H and O–H groups in total. The molecule has 1 amide bonds. The average molecular weight is 342 g/mol. The van der Waals surface area contributed by atoms with Crippen LogP contribution in [-0.4, -0.2) is 42.9 Å². The van der Waals surface area contributed by atoms with E-state index >= 15 is 0 Å². The minimum absolute atomic E-state index is 0.0553. The van der Waals surface area contributed by atoms with Gasteiger partial charge in [0.25, 0.3) is 5.91 Å². The van der Waals surface area contributed by atoms with Crippen molar-refractivity contribution in [3.05, 3.63) is 23.8 Å². The smallest absolute Gasteiger partial charge is 0.254 e. The predicted molar refractivity (Wildman–Crippen MR) is 81.9 cm³/mol. The molecule has 0 bridgehead atoms. The van der Waals surface area contributed by atoms with Gasteiger partial charge in [-0.05, 0) is 30.5 Å². The molecule has 2 unspecified atom stereocenters. The largest absolute Gasteiger partial charge is 0.493 e. The number of hydrogen-bond acceptors (Lipinski definition) is 3. The maximum Gasteiger partial charge on any atom is 0.254 e. The summed E-state index contributed by atoms with van der Waals surface area (Å²) in [5.41, 5.74) is 0.641. The number of nitrogens with zero attached hydrogens (tertiary/aromatic N) is 1. The second-order valence-corrected chi connectivity index (χ2v) is 5.70. The number of carbonyl (C=O) groups excluding carboxylic acids is 1. The Morgan fingerprint density at radius 2 is 2.05 bits per heavy atom. The minimum atomic E-state index is 0.0553. The number of rotatable bonds is 4. The highest BCUT2D eigenvalue weighted by molar-refractivity contribution is 9.09. The first-order valence-corrected chi connectivity index (χ1v) is 7.83. The molecule has 4 nitrogen and oxygen atoms in total. The van der Waals surface area contributed by atoms with Gasteiger partial charge in [0, 0.05) is 23.5 Å². The van der Waals surface area contributed by atoms with Gasteiger partial charge in [-0.3, -0.25) is 4.79 Å². The van der Waals surface area contributed by atoms with Crippen LogP contribution in [0.25, 0.3) is 0 Å². The van der Waals surface area contributed by atoms with E-state index in [-0.39, 0.29) is 11.9 Å². The standard InChI is InChI=1S/C15H20BrNO3/c1-10-6-7-17(12(10)9-16)15(18)11-4-5-13(19-2)14(8-11)20-3/h4-5,8,10,12H,6-7,9H2,1-3H3. The molecule has 1 saturated heterocycles. The maximum absolute atomic E-state index is 12.6. The lowest BCUT2D eigenvalue weighted by molar-refractivity contribution is 0.0738. The Bertz CT molecular complexity index is 492. The number of amides is 1. The van der Waals surface area contributed by atoms with Crippen LogP contribution >= 0.6 is 15.9 Å². The molecule has 0 spiro atoms. The van der Waals surface area contributed by atoms with Crippen molar-refractivity contribution in [3.63, 3.8) is 0 Å². The minimum Gasteiger partial charge on any atom is -0.493 e. The molecular formula is C15H20BrNO3. The number of likely N-dealkylation sites (tertiary alicyclic amines) is 1. The van der Waals surface area contributed by atoms with E-state index in [1.165, 1.54) is 0 Å². The normalized spacial score (nSPS) is 21.9. The fourth-order valence-electron chi connectivity index (χ4n) is 2.63. The average Bonchev–Trinajstić information content (AvgIpc) is 2.86. The fraction of sp³-hybridized carbons (Fsp3) is 0.533. The first-order chi connectivity index (χ1) is 9.62. The van der Waals surface area contributed by atoms with E-state index in [2.05, 4.69) is 22.9 Å². The van der Waals surface area contributed by atoms with Gasteiger partial charge in [0.2, 0.25) is 0 Å². The molecule has 1 aromatic rings. The summed E-state index contributed by atoms with van der Waals surface area (Å²) in [7, 11) is 3.16. The number of methoxy groups -OCH3 is 2. The quantitative estimate of drug-likeness (QED) is 0.790. The van der Waals surface area contributed by atoms with Crippen molar-refractivity contribution < 1.29 is 14.3 Å². The number of benzene rings is 1. The lowest BCUT2D eigenvalue weighted by Crippen LogP contribution is -2.38. The topological polar surface area (TPSA) is 38.8 Å². The van der Waals surface area contributed by atoms with E-state index in [9.17, 15) is 4.79 Å². The Balaban J connectivity index is 2.25. The Hall–Kier alpha value is -1.23. The first kappa shape index (κ1) is 15.2. The van der Waals surface area contributed by atoms with E-state index in [4.69, 9.17) is 9.47 Å². The van der Waals surface area contributed by atoms with Crippen LogP contribution in [-0.2, 0) is 0 Å². The summed E-state index contributed by atoms with van der Waals surface area (Å²) in [6.45, 7) is 3.00. The SMILES string of the molecule is COc1ccc(C(=O)N2CCC(C)C2CBr)cc1OC. The highest BCUT2D eigenvalue weighted by Crippen LogP contribution is 2.31. The monoisotopic (exact) mass is 341 g/mol. The van der Waals surface area contributed by atoms with Crippen LogP contribution in [0.3, 0.4) is 0 Å². The summed E-state index contributed by atoms with van der Waals surface area (Å²) in [5, 5.41) is 0.813. The summed E-state index contributed by atoms with van der Waals surface area (Å²) >= 11 is 3.51. The zero-order valence-corrected chi connectivity index (χ0v) is 13.6. The third-order valence-electron chi connectivity index (χ3n) is 3.93. The summed E-state index contributed by atoms with van der Waals surface area (Å²) in [6.07, 6.45) is 1.05. The van der Waals surface area contributed by atoms with Gasteiger partial charge in [-0.2, -0.15) is 0 Å². The van der Waals surface area contributed by atoms with Gasteiger partial charge in [0.15, 0.2) is 11.5 Å². The number of hydrogen-bond donors (Lipinski definition) is 0. The Morgan fingerprint density at radius 1 is 1.35 bits per heavy atom. The van der Waals surface area contributed by atoms with Crippen LogP contribution in [0.4, 0.5) is 0 Å². The molecule has 0 aromatic heterocycles. The Morgan fingerprint density at radius 3 is 2.65 bits per heavy atom. The number of alkyl halides is 1. The molecule has 2 rings (SSSR count). The molecule has 0 radical (unpaired) electrons. The second kappa shape index (κ2) is 6.48. The van der Waals surface area contributed by atoms with E-state index in [1.807, 2.05) is 4.90 Å². The van der Waals surface area contributed by atoms with Crippen LogP contribution in [0, 0.1) is 5.92 Å². The maximum atomic E-state index is 12.6. The molecule has 20 heavy (non-hydrogen) atoms. The van der Waals surface area contributed by atoms with Crippen LogP contribution in [0.5, 0.6) is 11.5 Å². The lowest BCUT2D eigenvalue weighted by atomic mass is 10.0. The zero-order valence-electron chi connectivity index (χ0n) is 12.1. The zero-order chi connectivity index (χ0) is 14.7. The van der Waals surface area contributed by atoms with Gasteiger partial charge < -0.3 is 14.4 Å². The Labute approximate surface area is 128 Å². The van der Waals surface area contributed by atoms with Gasteiger partial charge >= 0.3 is 0 Å². The summed E-state index contributed by atoms with van der Waals surface area (Å²) in [6, 6.07) is 5.57. The number of ether oxygens (including phenoxy) is 2. The molecular weight excluding hydrogens is 322 g/mol. The molecule has 1 aliphatic heterocycles. The van der Waals surface area contributed by atoms with Crippen molar-refractivity contribution in [2.45, 2.75) is 19.4 Å². The fourth-order valence-corrected chi connectivity index (χ4v) is 3.62. The highest BCUT2D eigenvalue weighted by Gasteiger charge is 2.34. The molecule has 2 atom stereocenters. The molecule has 5 heteroatoms. The van der Waals surface area contributed by atoms with E-state index in [0.717, 1.165) is 18.3 Å². The van der Waals surface area contributed by atoms with Crippen molar-refractivity contribution in [1.29, 1.82) is 0 Å². The third-order valence-corrected chi connectivity index (χ3v) is 4.60. The second-order valence-electron chi connectivity index (χ2n) is 5.06. The molecule has 1 fully saturated rings. The van der Waals surface area contributed by atoms with Crippen molar-refractivity contribution in [3.8, 4) is 11.5 Å². The first-order valence-electron chi connectivity index (χ1n) is 6.71. The summed E-state index contributed by atoms with van der Waals surface area (Å²) in [4.78, 5) is 14.6.